The van der Waals surface area contributed by atoms with E-state index in [4.69, 9.17) is 0 Å². The Kier molecular flexibility index (Phi) is 5.75. The summed E-state index contributed by atoms with van der Waals surface area (Å²) in [6.45, 7) is 4.16. The van der Waals surface area contributed by atoms with Crippen molar-refractivity contribution in [3.8, 4) is 11.4 Å². The summed E-state index contributed by atoms with van der Waals surface area (Å²) >= 11 is 1.72. The van der Waals surface area contributed by atoms with Gasteiger partial charge in [-0.2, -0.15) is 0 Å². The van der Waals surface area contributed by atoms with Crippen LogP contribution in [0.4, 0.5) is 0 Å². The highest BCUT2D eigenvalue weighted by Gasteiger charge is 2.08. The number of hydrogen-bond acceptors (Lipinski definition) is 5. The minimum absolute atomic E-state index is 0.137. The number of aromatic nitrogens is 2. The highest BCUT2D eigenvalue weighted by atomic mass is 32.1. The standard InChI is InChI=1S/C19H21N3O2S/c1-14-11-18(24)21-19(20-14)16-6-4-15(5-7-16)12-22(8-9-23)13-17-3-2-10-25-17/h2-7,10-11,23H,8-9,12-13H2,1H3,(H,20,21,24). The number of benzene rings is 1. The molecule has 0 atom stereocenters. The Morgan fingerprint density at radius 1 is 1.20 bits per heavy atom. The van der Waals surface area contributed by atoms with Gasteiger partial charge in [0.1, 0.15) is 5.82 Å². The van der Waals surface area contributed by atoms with Crippen molar-refractivity contribution in [2.24, 2.45) is 0 Å². The lowest BCUT2D eigenvalue weighted by atomic mass is 10.1. The second kappa shape index (κ2) is 8.20. The van der Waals surface area contributed by atoms with Crippen molar-refractivity contribution in [1.82, 2.24) is 14.9 Å². The second-order valence-electron chi connectivity index (χ2n) is 5.95. The first-order chi connectivity index (χ1) is 12.1. The number of aliphatic hydroxyl groups excluding tert-OH is 1. The molecule has 25 heavy (non-hydrogen) atoms. The molecule has 0 spiro atoms. The SMILES string of the molecule is Cc1cc(=O)[nH]c(-c2ccc(CN(CCO)Cc3cccs3)cc2)n1. The van der Waals surface area contributed by atoms with Crippen LogP contribution < -0.4 is 5.56 Å². The van der Waals surface area contributed by atoms with Gasteiger partial charge in [0, 0.05) is 41.8 Å². The monoisotopic (exact) mass is 355 g/mol. The molecule has 0 saturated carbocycles. The van der Waals surface area contributed by atoms with Crippen molar-refractivity contribution >= 4 is 11.3 Å². The first-order valence-electron chi connectivity index (χ1n) is 8.17. The zero-order chi connectivity index (χ0) is 17.6. The van der Waals surface area contributed by atoms with E-state index in [9.17, 15) is 9.90 Å². The van der Waals surface area contributed by atoms with Crippen LogP contribution in [0.2, 0.25) is 0 Å². The third kappa shape index (κ3) is 4.85. The van der Waals surface area contributed by atoms with Gasteiger partial charge in [-0.25, -0.2) is 4.98 Å². The van der Waals surface area contributed by atoms with Crippen LogP contribution in [-0.4, -0.2) is 33.1 Å². The number of H-pyrrole nitrogens is 1. The van der Waals surface area contributed by atoms with E-state index in [-0.39, 0.29) is 12.2 Å². The van der Waals surface area contributed by atoms with Crippen LogP contribution in [0.1, 0.15) is 16.1 Å². The number of nitrogens with one attached hydrogen (secondary N) is 1. The molecule has 0 amide bonds. The van der Waals surface area contributed by atoms with Crippen molar-refractivity contribution < 1.29 is 5.11 Å². The summed E-state index contributed by atoms with van der Waals surface area (Å²) in [5, 5.41) is 11.4. The molecule has 0 fully saturated rings. The van der Waals surface area contributed by atoms with Crippen molar-refractivity contribution in [3.63, 3.8) is 0 Å². The number of aromatic amines is 1. The molecule has 0 aliphatic carbocycles. The maximum Gasteiger partial charge on any atom is 0.251 e. The van der Waals surface area contributed by atoms with Crippen LogP contribution in [0.25, 0.3) is 11.4 Å². The summed E-state index contributed by atoms with van der Waals surface area (Å²) in [5.41, 5.74) is 2.60. The van der Waals surface area contributed by atoms with Gasteiger partial charge in [0.15, 0.2) is 0 Å². The Balaban J connectivity index is 1.73. The molecule has 0 bridgehead atoms. The van der Waals surface area contributed by atoms with E-state index in [2.05, 4.69) is 26.3 Å². The maximum atomic E-state index is 11.6. The Morgan fingerprint density at radius 2 is 2.00 bits per heavy atom. The highest BCUT2D eigenvalue weighted by molar-refractivity contribution is 7.09. The molecule has 3 aromatic rings. The van der Waals surface area contributed by atoms with E-state index < -0.39 is 0 Å². The van der Waals surface area contributed by atoms with E-state index in [1.165, 1.54) is 10.9 Å². The second-order valence-corrected chi connectivity index (χ2v) is 6.98. The topological polar surface area (TPSA) is 69.2 Å². The van der Waals surface area contributed by atoms with E-state index in [1.54, 1.807) is 11.3 Å². The number of thiophene rings is 1. The zero-order valence-electron chi connectivity index (χ0n) is 14.1. The third-order valence-corrected chi connectivity index (χ3v) is 4.74. The van der Waals surface area contributed by atoms with Gasteiger partial charge in [0.25, 0.3) is 5.56 Å². The normalized spacial score (nSPS) is 11.2. The van der Waals surface area contributed by atoms with Crippen LogP contribution in [-0.2, 0) is 13.1 Å². The molecular formula is C19H21N3O2S. The minimum Gasteiger partial charge on any atom is -0.395 e. The number of rotatable bonds is 7. The molecular weight excluding hydrogens is 334 g/mol. The van der Waals surface area contributed by atoms with Gasteiger partial charge in [-0.3, -0.25) is 9.69 Å². The van der Waals surface area contributed by atoms with Crippen LogP contribution in [0, 0.1) is 6.92 Å². The molecule has 2 heterocycles. The maximum absolute atomic E-state index is 11.6. The van der Waals surface area contributed by atoms with Gasteiger partial charge in [0.2, 0.25) is 0 Å². The summed E-state index contributed by atoms with van der Waals surface area (Å²) in [4.78, 5) is 22.2. The molecule has 2 aromatic heterocycles. The zero-order valence-corrected chi connectivity index (χ0v) is 14.9. The van der Waals surface area contributed by atoms with Gasteiger partial charge >= 0.3 is 0 Å². The average molecular weight is 355 g/mol. The Morgan fingerprint density at radius 3 is 2.64 bits per heavy atom. The van der Waals surface area contributed by atoms with Crippen molar-refractivity contribution in [2.45, 2.75) is 20.0 Å². The van der Waals surface area contributed by atoms with E-state index in [0.29, 0.717) is 18.1 Å². The fourth-order valence-electron chi connectivity index (χ4n) is 2.72. The minimum atomic E-state index is -0.142. The van der Waals surface area contributed by atoms with Gasteiger partial charge in [0.05, 0.1) is 6.61 Å². The molecule has 0 unspecified atom stereocenters. The smallest absolute Gasteiger partial charge is 0.251 e. The molecule has 5 nitrogen and oxygen atoms in total. The van der Waals surface area contributed by atoms with E-state index in [1.807, 2.05) is 37.3 Å². The fraction of sp³-hybridized carbons (Fsp3) is 0.263. The molecule has 3 rings (SSSR count). The summed E-state index contributed by atoms with van der Waals surface area (Å²) < 4.78 is 0. The Labute approximate surface area is 150 Å². The average Bonchev–Trinajstić information content (AvgIpc) is 3.08. The summed E-state index contributed by atoms with van der Waals surface area (Å²) in [6.07, 6.45) is 0. The molecule has 2 N–H and O–H groups in total. The number of nitrogens with zero attached hydrogens (tertiary/aromatic N) is 2. The number of hydrogen-bond donors (Lipinski definition) is 2. The van der Waals surface area contributed by atoms with Gasteiger partial charge in [-0.05, 0) is 23.9 Å². The number of aliphatic hydroxyl groups is 1. The molecule has 0 radical (unpaired) electrons. The highest BCUT2D eigenvalue weighted by Crippen LogP contribution is 2.18. The Hall–Kier alpha value is -2.28. The molecule has 0 aliphatic rings. The largest absolute Gasteiger partial charge is 0.395 e. The Bertz CT molecular complexity index is 857. The van der Waals surface area contributed by atoms with Crippen LogP contribution in [0.3, 0.4) is 0 Å². The van der Waals surface area contributed by atoms with Crippen LogP contribution >= 0.6 is 11.3 Å². The lowest BCUT2D eigenvalue weighted by Gasteiger charge is -2.20. The number of aryl methyl sites for hydroxylation is 1. The van der Waals surface area contributed by atoms with Crippen LogP contribution in [0.5, 0.6) is 0 Å². The summed E-state index contributed by atoms with van der Waals surface area (Å²) in [5.74, 6) is 0.586. The summed E-state index contributed by atoms with van der Waals surface area (Å²) in [7, 11) is 0. The molecule has 130 valence electrons. The summed E-state index contributed by atoms with van der Waals surface area (Å²) in [6, 6.07) is 13.6. The first-order valence-corrected chi connectivity index (χ1v) is 9.05. The quantitative estimate of drug-likeness (QED) is 0.684. The van der Waals surface area contributed by atoms with E-state index >= 15 is 0 Å². The lowest BCUT2D eigenvalue weighted by Crippen LogP contribution is -2.25. The molecule has 6 heteroatoms. The van der Waals surface area contributed by atoms with Crippen LogP contribution in [0.15, 0.2) is 52.6 Å². The molecule has 0 aliphatic heterocycles. The molecule has 1 aromatic carbocycles. The van der Waals surface area contributed by atoms with Gasteiger partial charge in [-0.15, -0.1) is 11.3 Å². The predicted molar refractivity (Wildman–Crippen MR) is 101 cm³/mol. The van der Waals surface area contributed by atoms with Crippen molar-refractivity contribution in [1.29, 1.82) is 0 Å². The van der Waals surface area contributed by atoms with Crippen molar-refractivity contribution in [2.75, 3.05) is 13.2 Å². The fourth-order valence-corrected chi connectivity index (χ4v) is 3.47. The predicted octanol–water partition coefficient (Wildman–Crippen LogP) is 2.80. The van der Waals surface area contributed by atoms with E-state index in [0.717, 1.165) is 24.2 Å². The van der Waals surface area contributed by atoms with Gasteiger partial charge < -0.3 is 10.1 Å². The molecule has 0 saturated heterocycles. The third-order valence-electron chi connectivity index (χ3n) is 3.88. The van der Waals surface area contributed by atoms with Crippen molar-refractivity contribution in [3.05, 3.63) is 74.3 Å². The first kappa shape index (κ1) is 17.5. The lowest BCUT2D eigenvalue weighted by molar-refractivity contribution is 0.185. The van der Waals surface area contributed by atoms with Gasteiger partial charge in [-0.1, -0.05) is 30.3 Å².